The van der Waals surface area contributed by atoms with E-state index in [0.717, 1.165) is 17.0 Å². The van der Waals surface area contributed by atoms with Crippen LogP contribution in [0.3, 0.4) is 0 Å². The minimum atomic E-state index is -0.253. The van der Waals surface area contributed by atoms with Gasteiger partial charge in [-0.25, -0.2) is 14.4 Å². The van der Waals surface area contributed by atoms with E-state index < -0.39 is 0 Å². The van der Waals surface area contributed by atoms with Gasteiger partial charge in [-0.3, -0.25) is 0 Å². The molecule has 1 N–H and O–H groups in total. The minimum Gasteiger partial charge on any atom is -0.310 e. The fraction of sp³-hybridized carbons (Fsp3) is 0.286. The van der Waals surface area contributed by atoms with Gasteiger partial charge in [0.25, 0.3) is 0 Å². The van der Waals surface area contributed by atoms with Crippen molar-refractivity contribution in [1.82, 2.24) is 15.3 Å². The maximum Gasteiger partial charge on any atom is 0.145 e. The summed E-state index contributed by atoms with van der Waals surface area (Å²) in [6.07, 6.45) is 4.30. The van der Waals surface area contributed by atoms with E-state index in [1.165, 1.54) is 6.07 Å². The van der Waals surface area contributed by atoms with Crippen LogP contribution < -0.4 is 5.32 Å². The van der Waals surface area contributed by atoms with Crippen molar-refractivity contribution in [1.29, 1.82) is 0 Å². The molecule has 0 aliphatic carbocycles. The second-order valence-electron chi connectivity index (χ2n) is 4.41. The van der Waals surface area contributed by atoms with E-state index in [2.05, 4.69) is 31.2 Å². The van der Waals surface area contributed by atoms with Crippen molar-refractivity contribution in [2.24, 2.45) is 0 Å². The Bertz CT molecular complexity index is 557. The number of nitrogens with zero attached hydrogens (tertiary/aromatic N) is 2. The molecule has 0 radical (unpaired) electrons. The Hall–Kier alpha value is -1.33. The smallest absolute Gasteiger partial charge is 0.145 e. The molecule has 0 spiro atoms. The van der Waals surface area contributed by atoms with Gasteiger partial charge >= 0.3 is 0 Å². The number of benzene rings is 1. The maximum absolute atomic E-state index is 13.2. The zero-order valence-corrected chi connectivity index (χ0v) is 12.4. The van der Waals surface area contributed by atoms with Crippen molar-refractivity contribution in [3.8, 4) is 0 Å². The van der Waals surface area contributed by atoms with Gasteiger partial charge in [0, 0.05) is 12.4 Å². The van der Waals surface area contributed by atoms with Gasteiger partial charge in [-0.15, -0.1) is 0 Å². The lowest BCUT2D eigenvalue weighted by atomic mass is 10.1. The van der Waals surface area contributed by atoms with Crippen LogP contribution in [0, 0.1) is 12.7 Å². The zero-order chi connectivity index (χ0) is 13.8. The molecule has 3 nitrogen and oxygen atoms in total. The molecule has 5 heteroatoms. The molecular weight excluding hydrogens is 309 g/mol. The third-order valence-corrected chi connectivity index (χ3v) is 3.49. The average Bonchev–Trinajstić information content (AvgIpc) is 2.41. The van der Waals surface area contributed by atoms with Gasteiger partial charge in [0.05, 0.1) is 10.5 Å². The summed E-state index contributed by atoms with van der Waals surface area (Å²) in [4.78, 5) is 8.65. The van der Waals surface area contributed by atoms with E-state index in [9.17, 15) is 4.39 Å². The second kappa shape index (κ2) is 6.21. The van der Waals surface area contributed by atoms with E-state index in [1.807, 2.05) is 14.0 Å². The summed E-state index contributed by atoms with van der Waals surface area (Å²) < 4.78 is 13.7. The monoisotopic (exact) mass is 323 g/mol. The molecule has 1 aromatic heterocycles. The molecule has 100 valence electrons. The van der Waals surface area contributed by atoms with Crippen LogP contribution in [0.15, 0.2) is 35.1 Å². The molecule has 2 rings (SSSR count). The average molecular weight is 324 g/mol. The van der Waals surface area contributed by atoms with Crippen molar-refractivity contribution >= 4 is 15.9 Å². The lowest BCUT2D eigenvalue weighted by molar-refractivity contribution is 0.555. The van der Waals surface area contributed by atoms with Gasteiger partial charge in [-0.05, 0) is 59.6 Å². The summed E-state index contributed by atoms with van der Waals surface area (Å²) in [5.74, 6) is 0.491. The SMILES string of the molecule is CNC(Cc1ccc(F)c(Br)c1)c1ncc(C)cn1. The van der Waals surface area contributed by atoms with Gasteiger partial charge in [-0.1, -0.05) is 6.07 Å². The number of hydrogen-bond acceptors (Lipinski definition) is 3. The van der Waals surface area contributed by atoms with Crippen LogP contribution in [0.2, 0.25) is 0 Å². The Labute approximate surface area is 120 Å². The molecule has 0 bridgehead atoms. The molecule has 0 saturated heterocycles. The Kier molecular flexibility index (Phi) is 4.61. The molecule has 0 aliphatic rings. The lowest BCUT2D eigenvalue weighted by Crippen LogP contribution is -2.21. The van der Waals surface area contributed by atoms with Crippen molar-refractivity contribution in [3.05, 3.63) is 57.8 Å². The van der Waals surface area contributed by atoms with Crippen molar-refractivity contribution in [2.45, 2.75) is 19.4 Å². The molecule has 1 atom stereocenters. The van der Waals surface area contributed by atoms with E-state index in [4.69, 9.17) is 0 Å². The number of aryl methyl sites for hydroxylation is 1. The lowest BCUT2D eigenvalue weighted by Gasteiger charge is -2.15. The van der Waals surface area contributed by atoms with Crippen LogP contribution in [0.4, 0.5) is 4.39 Å². The maximum atomic E-state index is 13.2. The predicted octanol–water partition coefficient (Wildman–Crippen LogP) is 3.19. The molecule has 19 heavy (non-hydrogen) atoms. The van der Waals surface area contributed by atoms with Crippen molar-refractivity contribution in [2.75, 3.05) is 7.05 Å². The number of halogens is 2. The molecule has 2 aromatic rings. The summed E-state index contributed by atoms with van der Waals surface area (Å²) in [5.41, 5.74) is 2.06. The number of likely N-dealkylation sites (N-methyl/N-ethyl adjacent to an activating group) is 1. The van der Waals surface area contributed by atoms with E-state index in [0.29, 0.717) is 10.9 Å². The first kappa shape index (κ1) is 14.1. The normalized spacial score (nSPS) is 12.4. The molecule has 0 aliphatic heterocycles. The molecule has 1 aromatic carbocycles. The largest absolute Gasteiger partial charge is 0.310 e. The van der Waals surface area contributed by atoms with Gasteiger partial charge in [0.2, 0.25) is 0 Å². The molecule has 0 amide bonds. The topological polar surface area (TPSA) is 37.8 Å². The highest BCUT2D eigenvalue weighted by atomic mass is 79.9. The predicted molar refractivity (Wildman–Crippen MR) is 76.4 cm³/mol. The summed E-state index contributed by atoms with van der Waals surface area (Å²) in [5, 5.41) is 3.19. The number of nitrogens with one attached hydrogen (secondary N) is 1. The molecule has 0 saturated carbocycles. The summed E-state index contributed by atoms with van der Waals surface area (Å²) in [6, 6.07) is 5.03. The van der Waals surface area contributed by atoms with Gasteiger partial charge in [0.15, 0.2) is 0 Å². The van der Waals surface area contributed by atoms with Crippen molar-refractivity contribution < 1.29 is 4.39 Å². The number of hydrogen-bond donors (Lipinski definition) is 1. The van der Waals surface area contributed by atoms with E-state index >= 15 is 0 Å². The summed E-state index contributed by atoms with van der Waals surface area (Å²) in [7, 11) is 1.87. The summed E-state index contributed by atoms with van der Waals surface area (Å²) in [6.45, 7) is 1.95. The zero-order valence-electron chi connectivity index (χ0n) is 10.8. The minimum absolute atomic E-state index is 0.0120. The Morgan fingerprint density at radius 2 is 2.00 bits per heavy atom. The highest BCUT2D eigenvalue weighted by Crippen LogP contribution is 2.20. The fourth-order valence-corrected chi connectivity index (χ4v) is 2.23. The highest BCUT2D eigenvalue weighted by Gasteiger charge is 2.13. The Morgan fingerprint density at radius 1 is 1.32 bits per heavy atom. The standard InChI is InChI=1S/C14H15BrFN3/c1-9-7-18-14(19-8-9)13(17-2)6-10-3-4-12(16)11(15)5-10/h3-5,7-8,13,17H,6H2,1-2H3. The Morgan fingerprint density at radius 3 is 2.58 bits per heavy atom. The first-order valence-electron chi connectivity index (χ1n) is 6.00. The number of aromatic nitrogens is 2. The first-order valence-corrected chi connectivity index (χ1v) is 6.79. The summed E-state index contributed by atoms with van der Waals surface area (Å²) >= 11 is 3.20. The highest BCUT2D eigenvalue weighted by molar-refractivity contribution is 9.10. The van der Waals surface area contributed by atoms with Gasteiger partial charge < -0.3 is 5.32 Å². The van der Waals surface area contributed by atoms with Crippen LogP contribution in [-0.4, -0.2) is 17.0 Å². The van der Waals surface area contributed by atoms with E-state index in [-0.39, 0.29) is 11.9 Å². The van der Waals surface area contributed by atoms with Gasteiger partial charge in [0.1, 0.15) is 11.6 Å². The van der Waals surface area contributed by atoms with Crippen LogP contribution in [0.25, 0.3) is 0 Å². The first-order chi connectivity index (χ1) is 9.10. The third kappa shape index (κ3) is 3.58. The molecule has 0 fully saturated rings. The van der Waals surface area contributed by atoms with Crippen LogP contribution in [0.1, 0.15) is 23.0 Å². The van der Waals surface area contributed by atoms with Gasteiger partial charge in [-0.2, -0.15) is 0 Å². The molecule has 1 heterocycles. The second-order valence-corrected chi connectivity index (χ2v) is 5.27. The van der Waals surface area contributed by atoms with Crippen molar-refractivity contribution in [3.63, 3.8) is 0 Å². The van der Waals surface area contributed by atoms with Crippen LogP contribution >= 0.6 is 15.9 Å². The molecule has 1 unspecified atom stereocenters. The van der Waals surface area contributed by atoms with Crippen LogP contribution in [0.5, 0.6) is 0 Å². The molecular formula is C14H15BrFN3. The fourth-order valence-electron chi connectivity index (χ4n) is 1.81. The Balaban J connectivity index is 2.18. The number of rotatable bonds is 4. The quantitative estimate of drug-likeness (QED) is 0.939. The van der Waals surface area contributed by atoms with E-state index in [1.54, 1.807) is 24.5 Å². The van der Waals surface area contributed by atoms with Crippen LogP contribution in [-0.2, 0) is 6.42 Å². The third-order valence-electron chi connectivity index (χ3n) is 2.88.